The zero-order valence-electron chi connectivity index (χ0n) is 13.8. The largest absolute Gasteiger partial charge is 0.341 e. The minimum Gasteiger partial charge on any atom is -0.325 e. The first-order valence-electron chi connectivity index (χ1n) is 7.70. The summed E-state index contributed by atoms with van der Waals surface area (Å²) in [5.74, 6) is -2.85. The monoisotopic (exact) mass is 428 g/mol. The van der Waals surface area contributed by atoms with E-state index in [2.05, 4.69) is 10.3 Å². The van der Waals surface area contributed by atoms with E-state index in [9.17, 15) is 22.0 Å². The van der Waals surface area contributed by atoms with Crippen molar-refractivity contribution in [3.8, 4) is 0 Å². The van der Waals surface area contributed by atoms with Gasteiger partial charge in [0.2, 0.25) is 15.7 Å². The smallest absolute Gasteiger partial charge is 0.325 e. The molecule has 1 amide bonds. The number of fused-ring (bicyclic) bond motifs is 1. The highest BCUT2D eigenvalue weighted by Crippen LogP contribution is 2.34. The fraction of sp³-hybridized carbons (Fsp3) is 0.176. The number of hydrogen-bond acceptors (Lipinski definition) is 6. The van der Waals surface area contributed by atoms with Crippen molar-refractivity contribution in [1.82, 2.24) is 0 Å². The SMILES string of the molecule is O=C(CSC1=Nc2ccccc2CS1)Nc1ccc(S(=O)(=O)C(F)F)cc1. The van der Waals surface area contributed by atoms with E-state index in [1.165, 1.54) is 23.9 Å². The van der Waals surface area contributed by atoms with E-state index in [0.29, 0.717) is 5.69 Å². The van der Waals surface area contributed by atoms with Gasteiger partial charge in [-0.05, 0) is 35.9 Å². The molecule has 0 fully saturated rings. The molecule has 0 spiro atoms. The summed E-state index contributed by atoms with van der Waals surface area (Å²) in [5, 5.41) is 2.60. The highest BCUT2D eigenvalue weighted by Gasteiger charge is 2.26. The Morgan fingerprint density at radius 3 is 2.59 bits per heavy atom. The standard InChI is InChI=1S/C17H14F2N2O3S3/c18-16(19)27(23,24)13-7-5-12(6-8-13)20-15(22)10-26-17-21-14-4-2-1-3-11(14)9-25-17/h1-8,16H,9-10H2,(H,20,22). The van der Waals surface area contributed by atoms with Crippen molar-refractivity contribution in [3.05, 3.63) is 54.1 Å². The molecule has 0 saturated heterocycles. The molecule has 0 aliphatic carbocycles. The Kier molecular flexibility index (Phi) is 6.18. The molecule has 10 heteroatoms. The molecule has 2 aromatic carbocycles. The Labute approximate surface area is 163 Å². The molecule has 3 rings (SSSR count). The molecule has 0 saturated carbocycles. The van der Waals surface area contributed by atoms with Gasteiger partial charge in [-0.1, -0.05) is 41.7 Å². The number of benzene rings is 2. The third-order valence-corrected chi connectivity index (χ3v) is 7.23. The summed E-state index contributed by atoms with van der Waals surface area (Å²) in [6.07, 6.45) is 0. The number of anilines is 1. The second-order valence-electron chi connectivity index (χ2n) is 5.46. The number of carbonyl (C=O) groups excluding carboxylic acids is 1. The van der Waals surface area contributed by atoms with Gasteiger partial charge in [0.05, 0.1) is 16.3 Å². The van der Waals surface area contributed by atoms with Crippen LogP contribution >= 0.6 is 23.5 Å². The van der Waals surface area contributed by atoms with Crippen molar-refractivity contribution in [2.45, 2.75) is 16.4 Å². The zero-order chi connectivity index (χ0) is 19.4. The van der Waals surface area contributed by atoms with Crippen LogP contribution in [0.5, 0.6) is 0 Å². The Morgan fingerprint density at radius 1 is 1.19 bits per heavy atom. The minimum atomic E-state index is -4.64. The normalized spacial score (nSPS) is 13.8. The topological polar surface area (TPSA) is 75.6 Å². The first-order chi connectivity index (χ1) is 12.9. The van der Waals surface area contributed by atoms with Crippen molar-refractivity contribution in [1.29, 1.82) is 0 Å². The van der Waals surface area contributed by atoms with E-state index in [4.69, 9.17) is 0 Å². The first-order valence-corrected chi connectivity index (χ1v) is 11.2. The Hall–Kier alpha value is -1.91. The number of thioether (sulfide) groups is 2. The minimum absolute atomic E-state index is 0.130. The van der Waals surface area contributed by atoms with Crippen LogP contribution in [0.15, 0.2) is 58.4 Å². The lowest BCUT2D eigenvalue weighted by atomic mass is 10.2. The van der Waals surface area contributed by atoms with E-state index >= 15 is 0 Å². The summed E-state index contributed by atoms with van der Waals surface area (Å²) < 4.78 is 48.6. The van der Waals surface area contributed by atoms with Gasteiger partial charge in [-0.2, -0.15) is 8.78 Å². The van der Waals surface area contributed by atoms with Gasteiger partial charge >= 0.3 is 5.76 Å². The van der Waals surface area contributed by atoms with E-state index in [1.54, 1.807) is 11.8 Å². The second-order valence-corrected chi connectivity index (χ2v) is 9.57. The van der Waals surface area contributed by atoms with E-state index in [1.807, 2.05) is 24.3 Å². The predicted molar refractivity (Wildman–Crippen MR) is 106 cm³/mol. The Bertz CT molecular complexity index is 977. The molecule has 0 unspecified atom stereocenters. The van der Waals surface area contributed by atoms with Crippen molar-refractivity contribution in [2.75, 3.05) is 11.1 Å². The number of rotatable bonds is 5. The van der Waals surface area contributed by atoms with Crippen LogP contribution in [0.4, 0.5) is 20.2 Å². The lowest BCUT2D eigenvalue weighted by Crippen LogP contribution is -2.15. The molecule has 0 bridgehead atoms. The number of nitrogens with zero attached hydrogens (tertiary/aromatic N) is 1. The number of amides is 1. The highest BCUT2D eigenvalue weighted by molar-refractivity contribution is 8.38. The summed E-state index contributed by atoms with van der Waals surface area (Å²) in [4.78, 5) is 16.1. The highest BCUT2D eigenvalue weighted by atomic mass is 32.2. The molecule has 0 radical (unpaired) electrons. The molecule has 27 heavy (non-hydrogen) atoms. The molecular formula is C17H14F2N2O3S3. The van der Waals surface area contributed by atoms with Gasteiger partial charge in [0, 0.05) is 11.4 Å². The molecule has 1 N–H and O–H groups in total. The van der Waals surface area contributed by atoms with Crippen LogP contribution in [0, 0.1) is 0 Å². The summed E-state index contributed by atoms with van der Waals surface area (Å²) in [5.41, 5.74) is 2.38. The average molecular weight is 429 g/mol. The number of hydrogen-bond donors (Lipinski definition) is 1. The summed E-state index contributed by atoms with van der Waals surface area (Å²) >= 11 is 2.86. The lowest BCUT2D eigenvalue weighted by Gasteiger charge is -2.14. The quantitative estimate of drug-likeness (QED) is 0.769. The van der Waals surface area contributed by atoms with Crippen LogP contribution < -0.4 is 5.32 Å². The second kappa shape index (κ2) is 8.41. The maximum Gasteiger partial charge on any atom is 0.341 e. The fourth-order valence-corrected chi connectivity index (χ4v) is 4.82. The van der Waals surface area contributed by atoms with Gasteiger partial charge in [-0.25, -0.2) is 13.4 Å². The fourth-order valence-electron chi connectivity index (χ4n) is 2.24. The number of alkyl halides is 2. The third-order valence-electron chi connectivity index (χ3n) is 3.58. The molecule has 1 aliphatic heterocycles. The van der Waals surface area contributed by atoms with Crippen LogP contribution in [-0.4, -0.2) is 30.2 Å². The van der Waals surface area contributed by atoms with Crippen molar-refractivity contribution >= 4 is 55.0 Å². The van der Waals surface area contributed by atoms with E-state index < -0.39 is 20.5 Å². The molecule has 0 aromatic heterocycles. The van der Waals surface area contributed by atoms with Crippen LogP contribution in [-0.2, 0) is 20.4 Å². The molecule has 142 valence electrons. The van der Waals surface area contributed by atoms with Gasteiger partial charge in [0.15, 0.2) is 0 Å². The van der Waals surface area contributed by atoms with Gasteiger partial charge < -0.3 is 5.32 Å². The molecule has 5 nitrogen and oxygen atoms in total. The average Bonchev–Trinajstić information content (AvgIpc) is 2.66. The van der Waals surface area contributed by atoms with Gasteiger partial charge in [-0.3, -0.25) is 4.79 Å². The molecular weight excluding hydrogens is 414 g/mol. The molecule has 0 atom stereocenters. The lowest BCUT2D eigenvalue weighted by molar-refractivity contribution is -0.113. The van der Waals surface area contributed by atoms with Gasteiger partial charge in [0.1, 0.15) is 4.38 Å². The van der Waals surface area contributed by atoms with Gasteiger partial charge in [-0.15, -0.1) is 0 Å². The van der Waals surface area contributed by atoms with Crippen LogP contribution in [0.3, 0.4) is 0 Å². The number of sulfone groups is 1. The number of halogens is 2. The predicted octanol–water partition coefficient (Wildman–Crippen LogP) is 4.29. The zero-order valence-corrected chi connectivity index (χ0v) is 16.2. The maximum atomic E-state index is 12.5. The molecule has 1 heterocycles. The molecule has 2 aromatic rings. The van der Waals surface area contributed by atoms with Crippen LogP contribution in [0.1, 0.15) is 5.56 Å². The van der Waals surface area contributed by atoms with Gasteiger partial charge in [0.25, 0.3) is 0 Å². The van der Waals surface area contributed by atoms with Crippen molar-refractivity contribution in [2.24, 2.45) is 4.99 Å². The van der Waals surface area contributed by atoms with Crippen molar-refractivity contribution < 1.29 is 22.0 Å². The Morgan fingerprint density at radius 2 is 1.89 bits per heavy atom. The molecule has 1 aliphatic rings. The summed E-state index contributed by atoms with van der Waals surface area (Å²) in [6.45, 7) is 0. The van der Waals surface area contributed by atoms with Crippen LogP contribution in [0.2, 0.25) is 0 Å². The maximum absolute atomic E-state index is 12.5. The number of nitrogens with one attached hydrogen (secondary N) is 1. The Balaban J connectivity index is 1.57. The number of carbonyl (C=O) groups is 1. The number of aliphatic imine (C=N–C) groups is 1. The summed E-state index contributed by atoms with van der Waals surface area (Å²) in [7, 11) is -4.64. The van der Waals surface area contributed by atoms with Crippen LogP contribution in [0.25, 0.3) is 0 Å². The first kappa shape index (κ1) is 19.8. The number of para-hydroxylation sites is 1. The van der Waals surface area contributed by atoms with E-state index in [0.717, 1.165) is 33.5 Å². The summed E-state index contributed by atoms with van der Waals surface area (Å²) in [6, 6.07) is 12.4. The van der Waals surface area contributed by atoms with E-state index in [-0.39, 0.29) is 11.7 Å². The third kappa shape index (κ3) is 4.88. The van der Waals surface area contributed by atoms with Crippen molar-refractivity contribution in [3.63, 3.8) is 0 Å².